The fourth-order valence-corrected chi connectivity index (χ4v) is 6.18. The molecule has 7 nitrogen and oxygen atoms in total. The maximum Gasteiger partial charge on any atom is 0.258 e. The van der Waals surface area contributed by atoms with Gasteiger partial charge in [0.15, 0.2) is 0 Å². The Hall–Kier alpha value is -4.49. The van der Waals surface area contributed by atoms with Crippen LogP contribution in [0.25, 0.3) is 33.5 Å². The predicted octanol–water partition coefficient (Wildman–Crippen LogP) is 7.54. The Morgan fingerprint density at radius 2 is 1.68 bits per heavy atom. The van der Waals surface area contributed by atoms with Gasteiger partial charge in [-0.25, -0.2) is 9.97 Å². The third-order valence-corrected chi connectivity index (χ3v) is 8.93. The van der Waals surface area contributed by atoms with Gasteiger partial charge in [-0.05, 0) is 78.3 Å². The summed E-state index contributed by atoms with van der Waals surface area (Å²) in [5.74, 6) is 0.0468. The third kappa shape index (κ3) is 5.37. The van der Waals surface area contributed by atoms with Crippen molar-refractivity contribution in [1.29, 1.82) is 0 Å². The lowest BCUT2D eigenvalue weighted by Crippen LogP contribution is -2.36. The molecule has 7 heteroatoms. The molecule has 1 aliphatic heterocycles. The Balaban J connectivity index is 1.22. The van der Waals surface area contributed by atoms with Crippen LogP contribution < -0.4 is 9.80 Å². The molecule has 0 radical (unpaired) electrons. The van der Waals surface area contributed by atoms with Crippen LogP contribution in [0.5, 0.6) is 0 Å². The lowest BCUT2D eigenvalue weighted by atomic mass is 9.86. The number of nitrogens with one attached hydrogen (secondary N) is 1. The molecule has 1 amide bonds. The topological polar surface area (TPSA) is 74.4 Å². The molecule has 2 aliphatic rings. The average molecular weight is 586 g/mol. The maximum absolute atomic E-state index is 14.0. The first-order valence-electron chi connectivity index (χ1n) is 15.6. The van der Waals surface area contributed by atoms with Gasteiger partial charge in [0.25, 0.3) is 5.91 Å². The molecular weight excluding hydrogens is 546 g/mol. The number of hydrogen-bond acceptors (Lipinski definition) is 5. The number of carbonyl (C=O) groups is 1. The third-order valence-electron chi connectivity index (χ3n) is 8.93. The lowest BCUT2D eigenvalue weighted by Gasteiger charge is -2.28. The van der Waals surface area contributed by atoms with Crippen molar-refractivity contribution in [1.82, 2.24) is 15.0 Å². The fourth-order valence-electron chi connectivity index (χ4n) is 6.18. The van der Waals surface area contributed by atoms with Gasteiger partial charge in [-0.2, -0.15) is 0 Å². The van der Waals surface area contributed by atoms with E-state index in [9.17, 15) is 4.79 Å². The summed E-state index contributed by atoms with van der Waals surface area (Å²) in [6.45, 7) is 12.0. The summed E-state index contributed by atoms with van der Waals surface area (Å²) in [7, 11) is 0. The lowest BCUT2D eigenvalue weighted by molar-refractivity contribution is 0.0985. The highest BCUT2D eigenvalue weighted by molar-refractivity contribution is 6.08. The van der Waals surface area contributed by atoms with Crippen molar-refractivity contribution in [2.75, 3.05) is 36.1 Å². The number of hydrogen-bond donors (Lipinski definition) is 1. The van der Waals surface area contributed by atoms with Gasteiger partial charge < -0.3 is 19.5 Å². The van der Waals surface area contributed by atoms with Crippen molar-refractivity contribution in [3.8, 4) is 22.5 Å². The first-order chi connectivity index (χ1) is 21.3. The van der Waals surface area contributed by atoms with Gasteiger partial charge in [0, 0.05) is 52.7 Å². The summed E-state index contributed by atoms with van der Waals surface area (Å²) in [4.78, 5) is 31.2. The molecule has 1 N–H and O–H groups in total. The standard InChI is InChI=1S/C37H39N5O2/c1-24-30(6-5-7-33(24)42(29-16-17-29)36(43)26-8-12-27(13-9-26)37(2,3)4)34-31-22-32(40-35(31)39-23-38-34)25-10-14-28(15-11-25)41-18-20-44-21-19-41/h5-15,22-23,29H,16-21H2,1-4H3,(H,38,39,40). The molecule has 1 saturated carbocycles. The number of H-pyrrole nitrogens is 1. The number of morpholine rings is 1. The molecule has 0 unspecified atom stereocenters. The molecule has 7 rings (SSSR count). The van der Waals surface area contributed by atoms with E-state index in [0.29, 0.717) is 5.56 Å². The highest BCUT2D eigenvalue weighted by atomic mass is 16.5. The van der Waals surface area contributed by atoms with Crippen molar-refractivity contribution in [2.24, 2.45) is 0 Å². The second-order valence-corrected chi connectivity index (χ2v) is 13.0. The summed E-state index contributed by atoms with van der Waals surface area (Å²) < 4.78 is 5.51. The highest BCUT2D eigenvalue weighted by Gasteiger charge is 2.35. The summed E-state index contributed by atoms with van der Waals surface area (Å²) in [6.07, 6.45) is 3.64. The highest BCUT2D eigenvalue weighted by Crippen LogP contribution is 2.40. The fraction of sp³-hybridized carbons (Fsp3) is 0.324. The van der Waals surface area contributed by atoms with Crippen LogP contribution in [-0.4, -0.2) is 53.2 Å². The zero-order valence-electron chi connectivity index (χ0n) is 25.9. The smallest absolute Gasteiger partial charge is 0.258 e. The van der Waals surface area contributed by atoms with Gasteiger partial charge in [-0.15, -0.1) is 0 Å². The van der Waals surface area contributed by atoms with Crippen molar-refractivity contribution < 1.29 is 9.53 Å². The quantitative estimate of drug-likeness (QED) is 0.223. The molecule has 5 aromatic rings. The molecule has 3 heterocycles. The Labute approximate surface area is 258 Å². The minimum Gasteiger partial charge on any atom is -0.378 e. The van der Waals surface area contributed by atoms with E-state index in [1.54, 1.807) is 6.33 Å². The first-order valence-corrected chi connectivity index (χ1v) is 15.6. The zero-order valence-corrected chi connectivity index (χ0v) is 25.9. The number of aromatic nitrogens is 3. The van der Waals surface area contributed by atoms with E-state index in [1.807, 2.05) is 23.1 Å². The molecule has 0 atom stereocenters. The van der Waals surface area contributed by atoms with Crippen LogP contribution in [0.2, 0.25) is 0 Å². The van der Waals surface area contributed by atoms with E-state index < -0.39 is 0 Å². The van der Waals surface area contributed by atoms with Gasteiger partial charge in [-0.3, -0.25) is 4.79 Å². The predicted molar refractivity (Wildman–Crippen MR) is 178 cm³/mol. The molecule has 2 fully saturated rings. The van der Waals surface area contributed by atoms with E-state index in [0.717, 1.165) is 83.9 Å². The number of amides is 1. The summed E-state index contributed by atoms with van der Waals surface area (Å²) in [5.41, 5.74) is 9.91. The number of rotatable bonds is 6. The number of carbonyl (C=O) groups excluding carboxylic acids is 1. The normalized spacial score (nSPS) is 15.5. The number of ether oxygens (including phenoxy) is 1. The van der Waals surface area contributed by atoms with Crippen LogP contribution >= 0.6 is 0 Å². The van der Waals surface area contributed by atoms with E-state index in [4.69, 9.17) is 9.72 Å². The van der Waals surface area contributed by atoms with Crippen LogP contribution in [0.3, 0.4) is 0 Å². The molecule has 0 bridgehead atoms. The zero-order chi connectivity index (χ0) is 30.4. The van der Waals surface area contributed by atoms with Gasteiger partial charge >= 0.3 is 0 Å². The van der Waals surface area contributed by atoms with Gasteiger partial charge in [0.2, 0.25) is 0 Å². The van der Waals surface area contributed by atoms with Crippen LogP contribution in [0.4, 0.5) is 11.4 Å². The van der Waals surface area contributed by atoms with Crippen molar-refractivity contribution in [2.45, 2.75) is 52.0 Å². The number of anilines is 2. The summed E-state index contributed by atoms with van der Waals surface area (Å²) in [5, 5.41) is 0.960. The van der Waals surface area contributed by atoms with Crippen molar-refractivity contribution >= 4 is 28.3 Å². The Bertz CT molecular complexity index is 1810. The van der Waals surface area contributed by atoms with E-state index in [2.05, 4.69) is 97.2 Å². The Morgan fingerprint density at radius 1 is 0.955 bits per heavy atom. The maximum atomic E-state index is 14.0. The van der Waals surface area contributed by atoms with E-state index in [-0.39, 0.29) is 17.4 Å². The second-order valence-electron chi connectivity index (χ2n) is 13.0. The van der Waals surface area contributed by atoms with Crippen LogP contribution in [-0.2, 0) is 10.2 Å². The van der Waals surface area contributed by atoms with Gasteiger partial charge in [0.05, 0.1) is 18.9 Å². The molecule has 1 saturated heterocycles. The minimum absolute atomic E-state index is 0.0377. The van der Waals surface area contributed by atoms with E-state index >= 15 is 0 Å². The number of nitrogens with zero attached hydrogens (tertiary/aromatic N) is 4. The van der Waals surface area contributed by atoms with Crippen molar-refractivity contribution in [3.63, 3.8) is 0 Å². The Kier molecular flexibility index (Phi) is 7.21. The molecule has 0 spiro atoms. The number of fused-ring (bicyclic) bond motifs is 1. The minimum atomic E-state index is 0.0377. The molecular formula is C37H39N5O2. The van der Waals surface area contributed by atoms with E-state index in [1.165, 1.54) is 11.3 Å². The molecule has 2 aromatic heterocycles. The molecule has 44 heavy (non-hydrogen) atoms. The van der Waals surface area contributed by atoms with Crippen LogP contribution in [0.15, 0.2) is 79.1 Å². The van der Waals surface area contributed by atoms with Crippen LogP contribution in [0.1, 0.15) is 55.1 Å². The SMILES string of the molecule is Cc1c(-c2ncnc3[nH]c(-c4ccc(N5CCOCC5)cc4)cc23)cccc1N(C(=O)c1ccc(C(C)(C)C)cc1)C1CC1. The summed E-state index contributed by atoms with van der Waals surface area (Å²) >= 11 is 0. The average Bonchev–Trinajstić information content (AvgIpc) is 3.78. The molecule has 3 aromatic carbocycles. The molecule has 1 aliphatic carbocycles. The van der Waals surface area contributed by atoms with Gasteiger partial charge in [-0.1, -0.05) is 57.2 Å². The monoisotopic (exact) mass is 585 g/mol. The second kappa shape index (κ2) is 11.2. The Morgan fingerprint density at radius 3 is 2.36 bits per heavy atom. The largest absolute Gasteiger partial charge is 0.378 e. The van der Waals surface area contributed by atoms with Crippen LogP contribution in [0, 0.1) is 6.92 Å². The number of benzene rings is 3. The summed E-state index contributed by atoms with van der Waals surface area (Å²) in [6, 6.07) is 25.3. The van der Waals surface area contributed by atoms with Gasteiger partial charge in [0.1, 0.15) is 12.0 Å². The molecule has 224 valence electrons. The van der Waals surface area contributed by atoms with Crippen molar-refractivity contribution in [3.05, 3.63) is 95.8 Å². The first kappa shape index (κ1) is 28.3. The number of aromatic amines is 1.